The molecule has 1 saturated carbocycles. The highest BCUT2D eigenvalue weighted by Crippen LogP contribution is 2.47. The lowest BCUT2D eigenvalue weighted by Crippen LogP contribution is -2.20. The highest BCUT2D eigenvalue weighted by molar-refractivity contribution is 6.30. The molecule has 0 heterocycles. The number of carbonyl (C=O) groups excluding carboxylic acids is 1. The Morgan fingerprint density at radius 3 is 2.61 bits per heavy atom. The van der Waals surface area contributed by atoms with Crippen LogP contribution in [-0.2, 0) is 10.3 Å². The van der Waals surface area contributed by atoms with Crippen LogP contribution >= 0.6 is 11.6 Å². The van der Waals surface area contributed by atoms with Gasteiger partial charge in [-0.2, -0.15) is 4.99 Å². The van der Waals surface area contributed by atoms with E-state index in [2.05, 4.69) is 4.99 Å². The molecule has 0 aliphatic heterocycles. The summed E-state index contributed by atoms with van der Waals surface area (Å²) in [4.78, 5) is 14.8. The summed E-state index contributed by atoms with van der Waals surface area (Å²) in [6.07, 6.45) is 5.52. The predicted octanol–water partition coefficient (Wildman–Crippen LogP) is 3.76. The lowest BCUT2D eigenvalue weighted by molar-refractivity contribution is 0.377. The fourth-order valence-electron chi connectivity index (χ4n) is 2.84. The van der Waals surface area contributed by atoms with Gasteiger partial charge in [0.15, 0.2) is 0 Å². The van der Waals surface area contributed by atoms with Crippen LogP contribution in [0.5, 0.6) is 5.75 Å². The van der Waals surface area contributed by atoms with Crippen molar-refractivity contribution in [2.45, 2.75) is 38.1 Å². The molecule has 1 aliphatic carbocycles. The van der Waals surface area contributed by atoms with Gasteiger partial charge >= 0.3 is 0 Å². The zero-order chi connectivity index (χ0) is 13.2. The third kappa shape index (κ3) is 2.16. The van der Waals surface area contributed by atoms with Crippen molar-refractivity contribution in [3.63, 3.8) is 0 Å². The zero-order valence-corrected chi connectivity index (χ0v) is 11.4. The van der Waals surface area contributed by atoms with Crippen LogP contribution in [0, 0.1) is 6.92 Å². The van der Waals surface area contributed by atoms with Crippen molar-refractivity contribution in [3.05, 3.63) is 28.3 Å². The standard InChI is InChI=1S/C14H16ClNO2/c1-10-7-11(15)8-12(13(10)18-2)14(16-9-17)5-3-4-6-14/h7-8H,3-6H2,1-2H3. The second-order valence-electron chi connectivity index (χ2n) is 4.75. The van der Waals surface area contributed by atoms with E-state index < -0.39 is 5.54 Å². The number of aryl methyl sites for hydroxylation is 1. The van der Waals surface area contributed by atoms with Gasteiger partial charge in [-0.25, -0.2) is 4.79 Å². The van der Waals surface area contributed by atoms with Gasteiger partial charge in [-0.3, -0.25) is 0 Å². The van der Waals surface area contributed by atoms with E-state index >= 15 is 0 Å². The number of methoxy groups -OCH3 is 1. The molecular formula is C14H16ClNO2. The number of ether oxygens (including phenoxy) is 1. The minimum absolute atomic E-state index is 0.497. The van der Waals surface area contributed by atoms with Crippen LogP contribution in [0.4, 0.5) is 0 Å². The van der Waals surface area contributed by atoms with E-state index in [1.54, 1.807) is 13.2 Å². The van der Waals surface area contributed by atoms with Crippen LogP contribution in [0.1, 0.15) is 36.8 Å². The second kappa shape index (κ2) is 5.13. The summed E-state index contributed by atoms with van der Waals surface area (Å²) in [6.45, 7) is 1.95. The Labute approximate surface area is 112 Å². The number of halogens is 1. The Kier molecular flexibility index (Phi) is 3.74. The molecule has 0 radical (unpaired) electrons. The average Bonchev–Trinajstić information content (AvgIpc) is 2.78. The lowest BCUT2D eigenvalue weighted by Gasteiger charge is -2.26. The molecule has 4 heteroatoms. The van der Waals surface area contributed by atoms with Gasteiger partial charge in [0.2, 0.25) is 6.08 Å². The SMILES string of the molecule is COc1c(C)cc(Cl)cc1C1(N=C=O)CCCC1. The van der Waals surface area contributed by atoms with Gasteiger partial charge in [-0.05, 0) is 37.5 Å². The summed E-state index contributed by atoms with van der Waals surface area (Å²) in [5.74, 6) is 0.778. The van der Waals surface area contributed by atoms with E-state index in [-0.39, 0.29) is 0 Å². The molecule has 1 aliphatic rings. The van der Waals surface area contributed by atoms with Crippen LogP contribution < -0.4 is 4.74 Å². The summed E-state index contributed by atoms with van der Waals surface area (Å²) in [5, 5.41) is 0.649. The number of hydrogen-bond acceptors (Lipinski definition) is 3. The van der Waals surface area contributed by atoms with Gasteiger partial charge in [0.25, 0.3) is 0 Å². The maximum atomic E-state index is 10.7. The molecule has 0 N–H and O–H groups in total. The largest absolute Gasteiger partial charge is 0.496 e. The van der Waals surface area contributed by atoms with Crippen molar-refractivity contribution in [2.75, 3.05) is 7.11 Å². The average molecular weight is 266 g/mol. The molecular weight excluding hydrogens is 250 g/mol. The molecule has 1 fully saturated rings. The van der Waals surface area contributed by atoms with Gasteiger partial charge in [-0.1, -0.05) is 24.4 Å². The van der Waals surface area contributed by atoms with E-state index in [9.17, 15) is 4.79 Å². The fraction of sp³-hybridized carbons (Fsp3) is 0.500. The van der Waals surface area contributed by atoms with E-state index in [4.69, 9.17) is 16.3 Å². The van der Waals surface area contributed by atoms with Crippen molar-refractivity contribution in [3.8, 4) is 5.75 Å². The quantitative estimate of drug-likeness (QED) is 0.616. The molecule has 2 rings (SSSR count). The molecule has 0 saturated heterocycles. The van der Waals surface area contributed by atoms with Crippen LogP contribution in [-0.4, -0.2) is 13.2 Å². The molecule has 0 amide bonds. The van der Waals surface area contributed by atoms with Crippen molar-refractivity contribution in [1.29, 1.82) is 0 Å². The van der Waals surface area contributed by atoms with Crippen LogP contribution in [0.3, 0.4) is 0 Å². The molecule has 18 heavy (non-hydrogen) atoms. The second-order valence-corrected chi connectivity index (χ2v) is 5.18. The number of nitrogens with zero attached hydrogens (tertiary/aromatic N) is 1. The van der Waals surface area contributed by atoms with E-state index in [0.29, 0.717) is 5.02 Å². The molecule has 0 aromatic heterocycles. The molecule has 1 aromatic rings. The van der Waals surface area contributed by atoms with E-state index in [1.807, 2.05) is 19.1 Å². The normalized spacial score (nSPS) is 17.3. The van der Waals surface area contributed by atoms with Gasteiger partial charge in [0.05, 0.1) is 7.11 Å². The maximum Gasteiger partial charge on any atom is 0.235 e. The lowest BCUT2D eigenvalue weighted by atomic mass is 9.87. The molecule has 0 spiro atoms. The third-order valence-electron chi connectivity index (χ3n) is 3.64. The Morgan fingerprint density at radius 1 is 1.39 bits per heavy atom. The van der Waals surface area contributed by atoms with Gasteiger partial charge in [-0.15, -0.1) is 0 Å². The summed E-state index contributed by atoms with van der Waals surface area (Å²) in [7, 11) is 1.63. The Hall–Kier alpha value is -1.31. The number of rotatable bonds is 3. The monoisotopic (exact) mass is 265 g/mol. The van der Waals surface area contributed by atoms with Crippen LogP contribution in [0.2, 0.25) is 5.02 Å². The first kappa shape index (κ1) is 13.1. The summed E-state index contributed by atoms with van der Waals surface area (Å²) < 4.78 is 5.47. The van der Waals surface area contributed by atoms with Gasteiger partial charge in [0.1, 0.15) is 11.3 Å². The number of isocyanates is 1. The maximum absolute atomic E-state index is 10.7. The topological polar surface area (TPSA) is 38.7 Å². The highest BCUT2D eigenvalue weighted by atomic mass is 35.5. The molecule has 0 atom stereocenters. The minimum Gasteiger partial charge on any atom is -0.496 e. The minimum atomic E-state index is -0.497. The van der Waals surface area contributed by atoms with Gasteiger partial charge in [0, 0.05) is 10.6 Å². The third-order valence-corrected chi connectivity index (χ3v) is 3.85. The Balaban J connectivity index is 2.64. The smallest absolute Gasteiger partial charge is 0.235 e. The first-order valence-corrected chi connectivity index (χ1v) is 6.44. The summed E-state index contributed by atoms with van der Waals surface area (Å²) in [5.41, 5.74) is 1.38. The predicted molar refractivity (Wildman–Crippen MR) is 71.0 cm³/mol. The summed E-state index contributed by atoms with van der Waals surface area (Å²) >= 11 is 6.12. The molecule has 96 valence electrons. The van der Waals surface area contributed by atoms with Crippen LogP contribution in [0.25, 0.3) is 0 Å². The van der Waals surface area contributed by atoms with Crippen molar-refractivity contribution >= 4 is 17.7 Å². The first-order valence-electron chi connectivity index (χ1n) is 6.06. The highest BCUT2D eigenvalue weighted by Gasteiger charge is 2.38. The summed E-state index contributed by atoms with van der Waals surface area (Å²) in [6, 6.07) is 3.72. The molecule has 1 aromatic carbocycles. The van der Waals surface area contributed by atoms with Crippen molar-refractivity contribution in [1.82, 2.24) is 0 Å². The fourth-order valence-corrected chi connectivity index (χ4v) is 3.11. The first-order chi connectivity index (χ1) is 8.63. The number of hydrogen-bond donors (Lipinski definition) is 0. The van der Waals surface area contributed by atoms with Gasteiger partial charge < -0.3 is 4.74 Å². The molecule has 3 nitrogen and oxygen atoms in total. The number of aliphatic imine (C=N–C) groups is 1. The Bertz CT molecular complexity index is 501. The van der Waals surface area contributed by atoms with Crippen molar-refractivity contribution in [2.24, 2.45) is 4.99 Å². The van der Waals surface area contributed by atoms with E-state index in [0.717, 1.165) is 42.6 Å². The van der Waals surface area contributed by atoms with Crippen LogP contribution in [0.15, 0.2) is 17.1 Å². The number of benzene rings is 1. The zero-order valence-electron chi connectivity index (χ0n) is 10.6. The van der Waals surface area contributed by atoms with Crippen molar-refractivity contribution < 1.29 is 9.53 Å². The Morgan fingerprint density at radius 2 is 2.06 bits per heavy atom. The molecule has 0 unspecified atom stereocenters. The molecule has 0 bridgehead atoms. The van der Waals surface area contributed by atoms with E-state index in [1.165, 1.54) is 0 Å².